The van der Waals surface area contributed by atoms with Gasteiger partial charge in [0.2, 0.25) is 0 Å². The fourth-order valence-corrected chi connectivity index (χ4v) is 2.96. The predicted octanol–water partition coefficient (Wildman–Crippen LogP) is 2.03. The Hall–Kier alpha value is -1.07. The molecule has 0 fully saturated rings. The second kappa shape index (κ2) is 6.39. The lowest BCUT2D eigenvalue weighted by atomic mass is 9.82. The molecule has 0 aliphatic carbocycles. The molecule has 0 bridgehead atoms. The lowest BCUT2D eigenvalue weighted by Crippen LogP contribution is -2.52. The molecule has 0 aliphatic rings. The van der Waals surface area contributed by atoms with Gasteiger partial charge in [0.15, 0.2) is 5.75 Å². The molecule has 110 valence electrons. The second-order valence-electron chi connectivity index (χ2n) is 5.10. The molecule has 1 atom stereocenters. The summed E-state index contributed by atoms with van der Waals surface area (Å²) in [7, 11) is 5.85. The number of hydrogen-bond acceptors (Lipinski definition) is 4. The van der Waals surface area contributed by atoms with E-state index in [0.29, 0.717) is 0 Å². The summed E-state index contributed by atoms with van der Waals surface area (Å²) in [5.41, 5.74) is 7.52. The Balaban J connectivity index is 3.30. The first-order valence-electron chi connectivity index (χ1n) is 7.01. The molecule has 5 heteroatoms. The van der Waals surface area contributed by atoms with Gasteiger partial charge in [-0.05, 0) is 33.9 Å². The van der Waals surface area contributed by atoms with Crippen LogP contribution in [-0.2, 0) is 6.54 Å². The van der Waals surface area contributed by atoms with E-state index in [1.54, 1.807) is 13.3 Å². The number of aryl methyl sites for hydroxylation is 1. The Kier molecular flexibility index (Phi) is 5.38. The number of nitrogens with two attached hydrogens (primary N) is 1. The van der Waals surface area contributed by atoms with Gasteiger partial charge in [-0.3, -0.25) is 4.68 Å². The first-order valence-corrected chi connectivity index (χ1v) is 7.01. The zero-order valence-corrected chi connectivity index (χ0v) is 13.1. The van der Waals surface area contributed by atoms with E-state index in [0.717, 1.165) is 30.8 Å². The number of likely N-dealkylation sites (N-methyl/N-ethyl adjacent to an activating group) is 1. The maximum absolute atomic E-state index is 6.61. The maximum Gasteiger partial charge on any atom is 0.161 e. The molecule has 1 heterocycles. The summed E-state index contributed by atoms with van der Waals surface area (Å²) in [6, 6.07) is -0.130. The van der Waals surface area contributed by atoms with Crippen LogP contribution in [0.15, 0.2) is 6.20 Å². The van der Waals surface area contributed by atoms with Gasteiger partial charge in [0.05, 0.1) is 25.0 Å². The van der Waals surface area contributed by atoms with E-state index in [1.807, 2.05) is 4.68 Å². The zero-order chi connectivity index (χ0) is 14.6. The van der Waals surface area contributed by atoms with Crippen LogP contribution >= 0.6 is 0 Å². The number of rotatable bonds is 7. The average Bonchev–Trinajstić information content (AvgIpc) is 2.82. The van der Waals surface area contributed by atoms with E-state index in [1.165, 1.54) is 0 Å². The van der Waals surface area contributed by atoms with Crippen LogP contribution in [0.5, 0.6) is 5.75 Å². The van der Waals surface area contributed by atoms with Crippen LogP contribution in [0.1, 0.15) is 45.3 Å². The van der Waals surface area contributed by atoms with E-state index < -0.39 is 0 Å². The number of hydrogen-bond donors (Lipinski definition) is 1. The summed E-state index contributed by atoms with van der Waals surface area (Å²) in [5, 5.41) is 4.36. The molecule has 1 aromatic heterocycles. The van der Waals surface area contributed by atoms with E-state index in [9.17, 15) is 0 Å². The molecule has 1 rings (SSSR count). The van der Waals surface area contributed by atoms with Gasteiger partial charge >= 0.3 is 0 Å². The number of aromatic nitrogens is 2. The number of ether oxygens (including phenoxy) is 1. The molecular weight excluding hydrogens is 240 g/mol. The van der Waals surface area contributed by atoms with Crippen LogP contribution in [0.3, 0.4) is 0 Å². The smallest absolute Gasteiger partial charge is 0.161 e. The minimum atomic E-state index is -0.130. The van der Waals surface area contributed by atoms with Crippen LogP contribution in [0.4, 0.5) is 0 Å². The molecule has 2 N–H and O–H groups in total. The lowest BCUT2D eigenvalue weighted by molar-refractivity contribution is 0.101. The minimum Gasteiger partial charge on any atom is -0.493 e. The minimum absolute atomic E-state index is 0.0831. The van der Waals surface area contributed by atoms with E-state index >= 15 is 0 Å². The fraction of sp³-hybridized carbons (Fsp3) is 0.786. The van der Waals surface area contributed by atoms with Gasteiger partial charge in [0.1, 0.15) is 0 Å². The van der Waals surface area contributed by atoms with Crippen LogP contribution in [0, 0.1) is 0 Å². The third-order valence-electron chi connectivity index (χ3n) is 4.35. The largest absolute Gasteiger partial charge is 0.493 e. The standard InChI is InChI=1S/C14H28N4O/c1-7-14(8-2,17(4)5)13(15)12-11(19-6)10-16-18(12)9-3/h10,13H,7-9,15H2,1-6H3. The van der Waals surface area contributed by atoms with Crippen molar-refractivity contribution in [1.82, 2.24) is 14.7 Å². The highest BCUT2D eigenvalue weighted by molar-refractivity contribution is 5.31. The van der Waals surface area contributed by atoms with Crippen molar-refractivity contribution in [3.63, 3.8) is 0 Å². The first kappa shape index (κ1) is 16.0. The molecule has 19 heavy (non-hydrogen) atoms. The van der Waals surface area contributed by atoms with Crippen LogP contribution in [-0.4, -0.2) is 41.4 Å². The van der Waals surface area contributed by atoms with Crippen LogP contribution < -0.4 is 10.5 Å². The Morgan fingerprint density at radius 3 is 2.32 bits per heavy atom. The Labute approximate surface area is 116 Å². The molecule has 1 unspecified atom stereocenters. The van der Waals surface area contributed by atoms with Crippen molar-refractivity contribution in [2.75, 3.05) is 21.2 Å². The summed E-state index contributed by atoms with van der Waals surface area (Å²) < 4.78 is 7.37. The molecular formula is C14H28N4O. The van der Waals surface area contributed by atoms with Gasteiger partial charge in [-0.25, -0.2) is 0 Å². The summed E-state index contributed by atoms with van der Waals surface area (Å²) >= 11 is 0. The summed E-state index contributed by atoms with van der Waals surface area (Å²) in [4.78, 5) is 2.23. The number of methoxy groups -OCH3 is 1. The quantitative estimate of drug-likeness (QED) is 0.822. The van der Waals surface area contributed by atoms with Crippen molar-refractivity contribution in [1.29, 1.82) is 0 Å². The van der Waals surface area contributed by atoms with E-state index in [2.05, 4.69) is 44.9 Å². The van der Waals surface area contributed by atoms with Crippen molar-refractivity contribution in [2.45, 2.75) is 51.7 Å². The summed E-state index contributed by atoms with van der Waals surface area (Å²) in [6.45, 7) is 7.23. The van der Waals surface area contributed by atoms with E-state index in [-0.39, 0.29) is 11.6 Å². The molecule has 0 spiro atoms. The van der Waals surface area contributed by atoms with Gasteiger partial charge in [0, 0.05) is 12.1 Å². The average molecular weight is 268 g/mol. The molecule has 1 aromatic rings. The van der Waals surface area contributed by atoms with Crippen molar-refractivity contribution >= 4 is 0 Å². The molecule has 0 saturated carbocycles. The van der Waals surface area contributed by atoms with Crippen molar-refractivity contribution in [2.24, 2.45) is 5.73 Å². The van der Waals surface area contributed by atoms with E-state index in [4.69, 9.17) is 10.5 Å². The van der Waals surface area contributed by atoms with Gasteiger partial charge < -0.3 is 15.4 Å². The zero-order valence-electron chi connectivity index (χ0n) is 13.1. The third-order valence-corrected chi connectivity index (χ3v) is 4.35. The highest BCUT2D eigenvalue weighted by Gasteiger charge is 2.39. The highest BCUT2D eigenvalue weighted by Crippen LogP contribution is 2.37. The molecule has 5 nitrogen and oxygen atoms in total. The van der Waals surface area contributed by atoms with Gasteiger partial charge in [0.25, 0.3) is 0 Å². The van der Waals surface area contributed by atoms with Gasteiger partial charge in [-0.1, -0.05) is 13.8 Å². The Morgan fingerprint density at radius 2 is 1.95 bits per heavy atom. The molecule has 0 aliphatic heterocycles. The van der Waals surface area contributed by atoms with Crippen LogP contribution in [0.25, 0.3) is 0 Å². The Morgan fingerprint density at radius 1 is 1.37 bits per heavy atom. The SMILES string of the molecule is CCn1ncc(OC)c1C(N)C(CC)(CC)N(C)C. The van der Waals surface area contributed by atoms with Crippen molar-refractivity contribution in [3.05, 3.63) is 11.9 Å². The highest BCUT2D eigenvalue weighted by atomic mass is 16.5. The lowest BCUT2D eigenvalue weighted by Gasteiger charge is -2.43. The van der Waals surface area contributed by atoms with Gasteiger partial charge in [-0.2, -0.15) is 5.10 Å². The maximum atomic E-state index is 6.61. The third kappa shape index (κ3) is 2.62. The summed E-state index contributed by atoms with van der Waals surface area (Å²) in [6.07, 6.45) is 3.72. The topological polar surface area (TPSA) is 56.3 Å². The molecule has 0 saturated heterocycles. The normalized spacial score (nSPS) is 13.9. The Bertz CT molecular complexity index is 375. The first-order chi connectivity index (χ1) is 8.98. The van der Waals surface area contributed by atoms with Gasteiger partial charge in [-0.15, -0.1) is 0 Å². The molecule has 0 amide bonds. The molecule has 0 aromatic carbocycles. The predicted molar refractivity (Wildman–Crippen MR) is 78.4 cm³/mol. The van der Waals surface area contributed by atoms with Crippen molar-refractivity contribution in [3.8, 4) is 5.75 Å². The monoisotopic (exact) mass is 268 g/mol. The number of nitrogens with zero attached hydrogens (tertiary/aromatic N) is 3. The summed E-state index contributed by atoms with van der Waals surface area (Å²) in [5.74, 6) is 0.780. The van der Waals surface area contributed by atoms with Crippen molar-refractivity contribution < 1.29 is 4.74 Å². The fourth-order valence-electron chi connectivity index (χ4n) is 2.96. The van der Waals surface area contributed by atoms with Crippen LogP contribution in [0.2, 0.25) is 0 Å². The molecule has 0 radical (unpaired) electrons. The second-order valence-corrected chi connectivity index (χ2v) is 5.10.